The van der Waals surface area contributed by atoms with Crippen LogP contribution in [0.2, 0.25) is 0 Å². The lowest BCUT2D eigenvalue weighted by atomic mass is 9.77. The Kier molecular flexibility index (Phi) is 6.41. The topological polar surface area (TPSA) is 39.9 Å². The van der Waals surface area contributed by atoms with E-state index < -0.39 is 11.5 Å². The zero-order valence-corrected chi connectivity index (χ0v) is 21.8. The van der Waals surface area contributed by atoms with Crippen LogP contribution in [0.25, 0.3) is 22.2 Å². The zero-order chi connectivity index (χ0) is 26.8. The van der Waals surface area contributed by atoms with Gasteiger partial charge in [0.15, 0.2) is 0 Å². The fourth-order valence-electron chi connectivity index (χ4n) is 5.37. The van der Waals surface area contributed by atoms with Crippen LogP contribution in [-0.2, 0) is 5.54 Å². The highest BCUT2D eigenvalue weighted by atomic mass is 19.1. The van der Waals surface area contributed by atoms with E-state index in [9.17, 15) is 4.39 Å². The standard InChI is InChI=1S/C34H28FN3O/c1-24(2)39-29-18-19-31-30(23-29)33(25-20-21-36-32(35)22-25)37-38(31)34(26-12-6-3-7-13-26,27-14-8-4-9-15-27)28-16-10-5-11-17-28/h3-24H,1-2H3. The quantitative estimate of drug-likeness (QED) is 0.161. The molecule has 0 N–H and O–H groups in total. The average Bonchev–Trinajstić information content (AvgIpc) is 3.34. The van der Waals surface area contributed by atoms with Crippen molar-refractivity contribution in [3.8, 4) is 17.0 Å². The minimum Gasteiger partial charge on any atom is -0.491 e. The summed E-state index contributed by atoms with van der Waals surface area (Å²) in [6.45, 7) is 4.00. The molecule has 2 aromatic heterocycles. The fraction of sp³-hybridized carbons (Fsp3) is 0.118. The predicted octanol–water partition coefficient (Wildman–Crippen LogP) is 7.86. The van der Waals surface area contributed by atoms with Crippen molar-refractivity contribution in [2.24, 2.45) is 0 Å². The largest absolute Gasteiger partial charge is 0.491 e. The second-order valence-electron chi connectivity index (χ2n) is 9.78. The maximum atomic E-state index is 14.4. The number of fused-ring (bicyclic) bond motifs is 1. The van der Waals surface area contributed by atoms with Crippen LogP contribution in [0.3, 0.4) is 0 Å². The van der Waals surface area contributed by atoms with Crippen LogP contribution in [0.1, 0.15) is 30.5 Å². The average molecular weight is 514 g/mol. The van der Waals surface area contributed by atoms with Gasteiger partial charge >= 0.3 is 0 Å². The highest BCUT2D eigenvalue weighted by Gasteiger charge is 2.41. The smallest absolute Gasteiger partial charge is 0.213 e. The Balaban J connectivity index is 1.76. The summed E-state index contributed by atoms with van der Waals surface area (Å²) < 4.78 is 22.5. The Labute approximate surface area is 227 Å². The maximum Gasteiger partial charge on any atom is 0.213 e. The maximum absolute atomic E-state index is 14.4. The van der Waals surface area contributed by atoms with E-state index in [1.165, 1.54) is 12.3 Å². The second kappa shape index (κ2) is 10.2. The first-order chi connectivity index (χ1) is 19.1. The van der Waals surface area contributed by atoms with Crippen molar-refractivity contribution in [2.75, 3.05) is 0 Å². The molecule has 4 aromatic carbocycles. The molecule has 0 unspecified atom stereocenters. The third kappa shape index (κ3) is 4.36. The van der Waals surface area contributed by atoms with Crippen molar-refractivity contribution < 1.29 is 9.13 Å². The number of hydrogen-bond donors (Lipinski definition) is 0. The molecule has 0 bridgehead atoms. The van der Waals surface area contributed by atoms with E-state index >= 15 is 0 Å². The molecule has 0 saturated heterocycles. The van der Waals surface area contributed by atoms with Gasteiger partial charge in [0.1, 0.15) is 17.0 Å². The highest BCUT2D eigenvalue weighted by molar-refractivity contribution is 5.95. The van der Waals surface area contributed by atoms with Crippen LogP contribution in [0, 0.1) is 5.95 Å². The molecule has 0 saturated carbocycles. The predicted molar refractivity (Wildman–Crippen MR) is 153 cm³/mol. The van der Waals surface area contributed by atoms with Gasteiger partial charge in [0.05, 0.1) is 11.6 Å². The number of halogens is 1. The summed E-state index contributed by atoms with van der Waals surface area (Å²) in [6.07, 6.45) is 1.49. The van der Waals surface area contributed by atoms with Gasteiger partial charge < -0.3 is 4.74 Å². The summed E-state index contributed by atoms with van der Waals surface area (Å²) in [5.74, 6) is 0.183. The first-order valence-electron chi connectivity index (χ1n) is 13.1. The third-order valence-corrected chi connectivity index (χ3v) is 6.92. The van der Waals surface area contributed by atoms with E-state index in [0.717, 1.165) is 33.3 Å². The van der Waals surface area contributed by atoms with Gasteiger partial charge in [-0.25, -0.2) is 9.67 Å². The lowest BCUT2D eigenvalue weighted by Gasteiger charge is -2.37. The SMILES string of the molecule is CC(C)Oc1ccc2c(c1)c(-c1ccnc(F)c1)nn2C(c1ccccc1)(c1ccccc1)c1ccccc1. The molecule has 0 aliphatic rings. The lowest BCUT2D eigenvalue weighted by molar-refractivity contribution is 0.243. The summed E-state index contributed by atoms with van der Waals surface area (Å²) in [6, 6.07) is 40.4. The van der Waals surface area contributed by atoms with Gasteiger partial charge in [0.25, 0.3) is 0 Å². The number of pyridine rings is 1. The molecule has 192 valence electrons. The fourth-order valence-corrected chi connectivity index (χ4v) is 5.37. The van der Waals surface area contributed by atoms with Gasteiger partial charge in [-0.1, -0.05) is 91.0 Å². The minimum absolute atomic E-state index is 0.0105. The van der Waals surface area contributed by atoms with Crippen molar-refractivity contribution >= 4 is 10.9 Å². The van der Waals surface area contributed by atoms with E-state index in [1.807, 2.05) is 50.2 Å². The van der Waals surface area contributed by atoms with Gasteiger partial charge in [-0.2, -0.15) is 9.49 Å². The van der Waals surface area contributed by atoms with Crippen molar-refractivity contribution in [1.82, 2.24) is 14.8 Å². The number of ether oxygens (including phenoxy) is 1. The third-order valence-electron chi connectivity index (χ3n) is 6.92. The highest BCUT2D eigenvalue weighted by Crippen LogP contribution is 2.44. The number of nitrogens with zero attached hydrogens (tertiary/aromatic N) is 3. The van der Waals surface area contributed by atoms with E-state index in [4.69, 9.17) is 9.84 Å². The number of benzene rings is 4. The van der Waals surface area contributed by atoms with Crippen molar-refractivity contribution in [3.05, 3.63) is 150 Å². The van der Waals surface area contributed by atoms with Gasteiger partial charge in [-0.15, -0.1) is 0 Å². The Hall–Kier alpha value is -4.77. The van der Waals surface area contributed by atoms with Gasteiger partial charge in [0.2, 0.25) is 5.95 Å². The molecule has 0 radical (unpaired) electrons. The van der Waals surface area contributed by atoms with Crippen molar-refractivity contribution in [1.29, 1.82) is 0 Å². The molecule has 39 heavy (non-hydrogen) atoms. The van der Waals surface area contributed by atoms with Crippen LogP contribution in [0.4, 0.5) is 4.39 Å². The lowest BCUT2D eigenvalue weighted by Crippen LogP contribution is -2.38. The molecule has 0 fully saturated rings. The van der Waals surface area contributed by atoms with E-state index in [1.54, 1.807) is 6.07 Å². The molecular formula is C34H28FN3O. The van der Waals surface area contributed by atoms with Crippen LogP contribution in [-0.4, -0.2) is 20.9 Å². The Morgan fingerprint density at radius 1 is 0.718 bits per heavy atom. The van der Waals surface area contributed by atoms with Crippen LogP contribution in [0.5, 0.6) is 5.75 Å². The van der Waals surface area contributed by atoms with Crippen LogP contribution < -0.4 is 4.74 Å². The molecule has 0 atom stereocenters. The summed E-state index contributed by atoms with van der Waals surface area (Å²) >= 11 is 0. The summed E-state index contributed by atoms with van der Waals surface area (Å²) in [7, 11) is 0. The zero-order valence-electron chi connectivity index (χ0n) is 21.8. The molecular weight excluding hydrogens is 485 g/mol. The summed E-state index contributed by atoms with van der Waals surface area (Å²) in [4.78, 5) is 3.77. The molecule has 0 aliphatic carbocycles. The monoisotopic (exact) mass is 513 g/mol. The van der Waals surface area contributed by atoms with E-state index in [0.29, 0.717) is 11.3 Å². The molecule has 5 heteroatoms. The molecule has 0 aliphatic heterocycles. The Bertz CT molecular complexity index is 1620. The molecule has 6 rings (SSSR count). The van der Waals surface area contributed by atoms with Crippen molar-refractivity contribution in [2.45, 2.75) is 25.5 Å². The van der Waals surface area contributed by atoms with Gasteiger partial charge in [0, 0.05) is 23.2 Å². The van der Waals surface area contributed by atoms with Crippen molar-refractivity contribution in [3.63, 3.8) is 0 Å². The number of rotatable bonds is 7. The van der Waals surface area contributed by atoms with E-state index in [-0.39, 0.29) is 6.10 Å². The van der Waals surface area contributed by atoms with Gasteiger partial charge in [-0.05, 0) is 54.8 Å². The number of aromatic nitrogens is 3. The minimum atomic E-state index is -0.813. The molecule has 4 nitrogen and oxygen atoms in total. The molecule has 0 spiro atoms. The van der Waals surface area contributed by atoms with E-state index in [2.05, 4.69) is 82.5 Å². The molecule has 0 amide bonds. The van der Waals surface area contributed by atoms with Crippen LogP contribution in [0.15, 0.2) is 128 Å². The molecule has 6 aromatic rings. The first kappa shape index (κ1) is 24.6. The summed E-state index contributed by atoms with van der Waals surface area (Å²) in [5.41, 5.74) is 4.57. The van der Waals surface area contributed by atoms with Gasteiger partial charge in [-0.3, -0.25) is 0 Å². The second-order valence-corrected chi connectivity index (χ2v) is 9.78. The Morgan fingerprint density at radius 2 is 1.28 bits per heavy atom. The normalized spacial score (nSPS) is 11.7. The summed E-state index contributed by atoms with van der Waals surface area (Å²) in [5, 5.41) is 6.16. The Morgan fingerprint density at radius 3 is 1.79 bits per heavy atom. The van der Waals surface area contributed by atoms with Crippen LogP contribution >= 0.6 is 0 Å². The first-order valence-corrected chi connectivity index (χ1v) is 13.1. The molecule has 2 heterocycles. The number of hydrogen-bond acceptors (Lipinski definition) is 3.